The molecule has 1 saturated heterocycles. The van der Waals surface area contributed by atoms with Crippen LogP contribution in [0.1, 0.15) is 44.6 Å². The summed E-state index contributed by atoms with van der Waals surface area (Å²) in [6, 6.07) is 3.47. The van der Waals surface area contributed by atoms with E-state index in [1.165, 1.54) is 6.92 Å². The van der Waals surface area contributed by atoms with Gasteiger partial charge in [0.15, 0.2) is 0 Å². The monoisotopic (exact) mass is 530 g/mol. The lowest BCUT2D eigenvalue weighted by molar-refractivity contribution is -0.143. The van der Waals surface area contributed by atoms with E-state index in [9.17, 15) is 29.4 Å². The summed E-state index contributed by atoms with van der Waals surface area (Å²) in [6.07, 6.45) is 3.33. The van der Waals surface area contributed by atoms with Crippen molar-refractivity contribution in [2.45, 2.75) is 75.7 Å². The molecule has 0 bridgehead atoms. The molecule has 1 aromatic heterocycles. The Labute approximate surface area is 221 Å². The Morgan fingerprint density at radius 1 is 1.08 bits per heavy atom. The van der Waals surface area contributed by atoms with Gasteiger partial charge < -0.3 is 42.2 Å². The summed E-state index contributed by atoms with van der Waals surface area (Å²) in [5.74, 6) is -3.05. The molecule has 1 aliphatic heterocycles. The number of carbonyl (C=O) groups excluding carboxylic acids is 3. The predicted octanol–water partition coefficient (Wildman–Crippen LogP) is -0.489. The fourth-order valence-corrected chi connectivity index (χ4v) is 4.58. The lowest BCUT2D eigenvalue weighted by Crippen LogP contribution is -2.60. The Morgan fingerprint density at radius 2 is 1.84 bits per heavy atom. The van der Waals surface area contributed by atoms with Crippen molar-refractivity contribution in [1.29, 1.82) is 0 Å². The van der Waals surface area contributed by atoms with Crippen LogP contribution in [-0.4, -0.2) is 82.2 Å². The van der Waals surface area contributed by atoms with Gasteiger partial charge in [0.1, 0.15) is 18.1 Å². The number of aliphatic carboxylic acids is 1. The van der Waals surface area contributed by atoms with Gasteiger partial charge in [-0.25, -0.2) is 4.79 Å². The van der Waals surface area contributed by atoms with Crippen molar-refractivity contribution >= 4 is 34.6 Å². The topological polar surface area (TPSA) is 199 Å². The minimum Gasteiger partial charge on any atom is -0.480 e. The van der Waals surface area contributed by atoms with Crippen LogP contribution in [0.4, 0.5) is 0 Å². The Morgan fingerprint density at radius 3 is 2.50 bits per heavy atom. The first-order valence-corrected chi connectivity index (χ1v) is 13.0. The number of nitrogens with two attached hydrogens (primary N) is 1. The van der Waals surface area contributed by atoms with Crippen LogP contribution in [0.25, 0.3) is 10.9 Å². The molecule has 0 spiro atoms. The molecule has 3 amide bonds. The minimum absolute atomic E-state index is 0.138. The van der Waals surface area contributed by atoms with Gasteiger partial charge in [0.2, 0.25) is 17.7 Å². The summed E-state index contributed by atoms with van der Waals surface area (Å²) in [5, 5.41) is 31.5. The number of aliphatic hydroxyl groups excluding tert-OH is 1. The molecule has 0 radical (unpaired) electrons. The zero-order chi connectivity index (χ0) is 27.7. The zero-order valence-corrected chi connectivity index (χ0v) is 21.5. The fraction of sp³-hybridized carbons (Fsp3) is 0.538. The van der Waals surface area contributed by atoms with E-state index in [4.69, 9.17) is 5.73 Å². The average molecular weight is 531 g/mol. The van der Waals surface area contributed by atoms with Gasteiger partial charge in [0.25, 0.3) is 0 Å². The van der Waals surface area contributed by atoms with Gasteiger partial charge in [-0.15, -0.1) is 0 Å². The normalized spacial score (nSPS) is 18.3. The molecule has 2 heterocycles. The predicted molar refractivity (Wildman–Crippen MR) is 141 cm³/mol. The first-order valence-electron chi connectivity index (χ1n) is 13.0. The summed E-state index contributed by atoms with van der Waals surface area (Å²) in [5.41, 5.74) is 7.14. The number of aromatic nitrogens is 1. The molecule has 208 valence electrons. The highest BCUT2D eigenvalue weighted by atomic mass is 16.4. The number of carbonyl (C=O) groups is 4. The van der Waals surface area contributed by atoms with Gasteiger partial charge in [-0.2, -0.15) is 0 Å². The van der Waals surface area contributed by atoms with Crippen molar-refractivity contribution < 1.29 is 29.4 Å². The highest BCUT2D eigenvalue weighted by Crippen LogP contribution is 2.19. The standard InChI is InChI=1S/C26H38N6O6/c1-15(33)22(25(36)30-20(26(37)38)9-4-5-11-27)32-24(35)21(31-23(34)19-10-6-12-28-19)13-16-14-29-18-8-3-2-7-17(16)18/h2-3,7-8,14-15,19-22,28-29,33H,4-6,9-13,27H2,1H3,(H,30,36)(H,31,34)(H,32,35)(H,37,38). The molecule has 38 heavy (non-hydrogen) atoms. The van der Waals surface area contributed by atoms with E-state index < -0.39 is 48.1 Å². The number of rotatable bonds is 14. The zero-order valence-electron chi connectivity index (χ0n) is 21.5. The number of H-pyrrole nitrogens is 1. The quantitative estimate of drug-likeness (QED) is 0.150. The van der Waals surface area contributed by atoms with E-state index in [1.807, 2.05) is 24.3 Å². The maximum Gasteiger partial charge on any atom is 0.326 e. The number of benzene rings is 1. The van der Waals surface area contributed by atoms with Crippen LogP contribution in [0.15, 0.2) is 30.5 Å². The van der Waals surface area contributed by atoms with E-state index in [-0.39, 0.29) is 18.7 Å². The Hall–Kier alpha value is -3.48. The lowest BCUT2D eigenvalue weighted by Gasteiger charge is -2.26. The maximum absolute atomic E-state index is 13.4. The summed E-state index contributed by atoms with van der Waals surface area (Å²) in [7, 11) is 0. The van der Waals surface area contributed by atoms with E-state index in [1.54, 1.807) is 6.20 Å². The minimum atomic E-state index is -1.43. The van der Waals surface area contributed by atoms with Gasteiger partial charge in [-0.05, 0) is 63.7 Å². The van der Waals surface area contributed by atoms with Crippen molar-refractivity contribution in [2.24, 2.45) is 5.73 Å². The van der Waals surface area contributed by atoms with Gasteiger partial charge in [-0.1, -0.05) is 18.2 Å². The third kappa shape index (κ3) is 7.76. The number of aromatic amines is 1. The van der Waals surface area contributed by atoms with Crippen LogP contribution in [0, 0.1) is 0 Å². The summed E-state index contributed by atoms with van der Waals surface area (Å²) in [4.78, 5) is 54.0. The second-order valence-corrected chi connectivity index (χ2v) is 9.68. The molecule has 1 aromatic carbocycles. The van der Waals surface area contributed by atoms with Crippen molar-refractivity contribution in [3.8, 4) is 0 Å². The number of carboxylic acids is 1. The molecule has 9 N–H and O–H groups in total. The van der Waals surface area contributed by atoms with Gasteiger partial charge in [-0.3, -0.25) is 14.4 Å². The molecule has 1 aliphatic rings. The van der Waals surface area contributed by atoms with Crippen LogP contribution in [0.2, 0.25) is 0 Å². The molecule has 5 unspecified atom stereocenters. The Kier molecular flexibility index (Phi) is 10.6. The van der Waals surface area contributed by atoms with E-state index >= 15 is 0 Å². The number of hydrogen-bond donors (Lipinski definition) is 8. The molecule has 0 aliphatic carbocycles. The molecule has 5 atom stereocenters. The summed E-state index contributed by atoms with van der Waals surface area (Å²) >= 11 is 0. The van der Waals surface area contributed by atoms with Crippen LogP contribution in [0.3, 0.4) is 0 Å². The second kappa shape index (κ2) is 13.9. The third-order valence-electron chi connectivity index (χ3n) is 6.73. The smallest absolute Gasteiger partial charge is 0.326 e. The fourth-order valence-electron chi connectivity index (χ4n) is 4.58. The number of fused-ring (bicyclic) bond motifs is 1. The maximum atomic E-state index is 13.4. The van der Waals surface area contributed by atoms with E-state index in [0.717, 1.165) is 22.9 Å². The third-order valence-corrected chi connectivity index (χ3v) is 6.73. The number of unbranched alkanes of at least 4 members (excludes halogenated alkanes) is 1. The first-order chi connectivity index (χ1) is 18.2. The van der Waals surface area contributed by atoms with Crippen LogP contribution in [-0.2, 0) is 25.6 Å². The van der Waals surface area contributed by atoms with E-state index in [0.29, 0.717) is 32.4 Å². The van der Waals surface area contributed by atoms with Crippen molar-refractivity contribution in [3.63, 3.8) is 0 Å². The summed E-state index contributed by atoms with van der Waals surface area (Å²) in [6.45, 7) is 2.43. The van der Waals surface area contributed by atoms with Gasteiger partial charge in [0.05, 0.1) is 12.1 Å². The Bertz CT molecular complexity index is 1110. The molecule has 12 nitrogen and oxygen atoms in total. The first kappa shape index (κ1) is 29.1. The SMILES string of the molecule is CC(O)C(NC(=O)C(Cc1c[nH]c2ccccc12)NC(=O)C1CCCN1)C(=O)NC(CCCCN)C(=O)O. The number of hydrogen-bond acceptors (Lipinski definition) is 7. The largest absolute Gasteiger partial charge is 0.480 e. The lowest BCUT2D eigenvalue weighted by atomic mass is 10.0. The Balaban J connectivity index is 1.76. The van der Waals surface area contributed by atoms with Crippen LogP contribution in [0.5, 0.6) is 0 Å². The number of carboxylic acid groups (broad SMARTS) is 1. The van der Waals surface area contributed by atoms with Crippen molar-refractivity contribution in [2.75, 3.05) is 13.1 Å². The van der Waals surface area contributed by atoms with Crippen molar-refractivity contribution in [1.82, 2.24) is 26.3 Å². The molecular weight excluding hydrogens is 492 g/mol. The molecular formula is C26H38N6O6. The van der Waals surface area contributed by atoms with Crippen molar-refractivity contribution in [3.05, 3.63) is 36.0 Å². The molecule has 12 heteroatoms. The number of amides is 3. The summed E-state index contributed by atoms with van der Waals surface area (Å²) < 4.78 is 0. The molecule has 0 saturated carbocycles. The average Bonchev–Trinajstić information content (AvgIpc) is 3.56. The van der Waals surface area contributed by atoms with Gasteiger partial charge in [0, 0.05) is 23.5 Å². The number of aliphatic hydroxyl groups is 1. The molecule has 2 aromatic rings. The molecule has 1 fully saturated rings. The highest BCUT2D eigenvalue weighted by molar-refractivity contribution is 5.95. The van der Waals surface area contributed by atoms with Crippen LogP contribution >= 0.6 is 0 Å². The van der Waals surface area contributed by atoms with Crippen LogP contribution < -0.4 is 27.0 Å². The second-order valence-electron chi connectivity index (χ2n) is 9.68. The van der Waals surface area contributed by atoms with Gasteiger partial charge >= 0.3 is 5.97 Å². The number of nitrogens with one attached hydrogen (secondary N) is 5. The highest BCUT2D eigenvalue weighted by Gasteiger charge is 2.33. The number of para-hydroxylation sites is 1. The van der Waals surface area contributed by atoms with E-state index in [2.05, 4.69) is 26.3 Å². The molecule has 3 rings (SSSR count).